The summed E-state index contributed by atoms with van der Waals surface area (Å²) >= 11 is 1.40. The molecule has 0 aliphatic rings. The molecule has 1 aromatic heterocycles. The molecule has 0 aliphatic heterocycles. The zero-order chi connectivity index (χ0) is 21.8. The van der Waals surface area contributed by atoms with Gasteiger partial charge in [0.2, 0.25) is 5.91 Å². The Morgan fingerprint density at radius 1 is 0.935 bits per heavy atom. The van der Waals surface area contributed by atoms with E-state index in [0.29, 0.717) is 5.16 Å². The number of amides is 1. The van der Waals surface area contributed by atoms with Crippen LogP contribution in [-0.2, 0) is 11.8 Å². The van der Waals surface area contributed by atoms with Gasteiger partial charge in [0.05, 0.1) is 5.25 Å². The Morgan fingerprint density at radius 3 is 2.42 bits per heavy atom. The van der Waals surface area contributed by atoms with Gasteiger partial charge in [-0.3, -0.25) is 4.79 Å². The van der Waals surface area contributed by atoms with Gasteiger partial charge in [0.25, 0.3) is 0 Å². The highest BCUT2D eigenvalue weighted by atomic mass is 32.2. The molecule has 1 N–H and O–H groups in total. The Labute approximate surface area is 186 Å². The molecule has 4 aromatic rings. The summed E-state index contributed by atoms with van der Waals surface area (Å²) in [4.78, 5) is 12.9. The van der Waals surface area contributed by atoms with Crippen LogP contribution in [0.5, 0.6) is 0 Å². The van der Waals surface area contributed by atoms with Crippen molar-refractivity contribution in [3.05, 3.63) is 84.4 Å². The third kappa shape index (κ3) is 4.70. The number of carbonyl (C=O) groups excluding carboxylic acids is 1. The summed E-state index contributed by atoms with van der Waals surface area (Å²) in [6, 6.07) is 26.0. The van der Waals surface area contributed by atoms with Crippen LogP contribution in [0.3, 0.4) is 0 Å². The second-order valence-corrected chi connectivity index (χ2v) is 8.70. The van der Waals surface area contributed by atoms with Gasteiger partial charge in [-0.1, -0.05) is 84.1 Å². The molecule has 1 amide bonds. The quantitative estimate of drug-likeness (QED) is 0.408. The maximum atomic E-state index is 12.9. The van der Waals surface area contributed by atoms with E-state index >= 15 is 0 Å². The van der Waals surface area contributed by atoms with Crippen LogP contribution in [0.4, 0.5) is 5.69 Å². The van der Waals surface area contributed by atoms with E-state index in [1.807, 2.05) is 85.3 Å². The standard InChI is InChI=1S/C25H24N4OS/c1-17-10-9-13-20(16-17)23-27-28-25(29(23)3)31-18(2)24(30)26-22-15-8-7-14-21(22)19-11-5-4-6-12-19/h4-16,18H,1-3H3,(H,26,30)/t18-/m1/s1. The molecule has 0 saturated heterocycles. The van der Waals surface area contributed by atoms with Crippen LogP contribution >= 0.6 is 11.8 Å². The second kappa shape index (κ2) is 9.18. The number of hydrogen-bond donors (Lipinski definition) is 1. The number of para-hydroxylation sites is 1. The highest BCUT2D eigenvalue weighted by molar-refractivity contribution is 8.00. The number of nitrogens with one attached hydrogen (secondary N) is 1. The van der Waals surface area contributed by atoms with Gasteiger partial charge in [-0.15, -0.1) is 10.2 Å². The molecule has 3 aromatic carbocycles. The summed E-state index contributed by atoms with van der Waals surface area (Å²) in [7, 11) is 1.93. The molecule has 0 unspecified atom stereocenters. The zero-order valence-electron chi connectivity index (χ0n) is 17.7. The van der Waals surface area contributed by atoms with Gasteiger partial charge in [-0.2, -0.15) is 0 Å². The minimum Gasteiger partial charge on any atom is -0.325 e. The van der Waals surface area contributed by atoms with Crippen LogP contribution in [0, 0.1) is 6.92 Å². The molecule has 0 spiro atoms. The molecular weight excluding hydrogens is 404 g/mol. The van der Waals surface area contributed by atoms with Crippen molar-refractivity contribution in [1.82, 2.24) is 14.8 Å². The Bertz CT molecular complexity index is 1200. The first-order valence-electron chi connectivity index (χ1n) is 10.1. The fraction of sp³-hybridized carbons (Fsp3) is 0.160. The summed E-state index contributed by atoms with van der Waals surface area (Å²) in [6.07, 6.45) is 0. The average molecular weight is 429 g/mol. The molecule has 31 heavy (non-hydrogen) atoms. The number of anilines is 1. The Balaban J connectivity index is 1.50. The molecule has 0 bridgehead atoms. The van der Waals surface area contributed by atoms with Crippen molar-refractivity contribution in [2.45, 2.75) is 24.3 Å². The maximum Gasteiger partial charge on any atom is 0.237 e. The highest BCUT2D eigenvalue weighted by Crippen LogP contribution is 2.30. The molecule has 4 rings (SSSR count). The van der Waals surface area contributed by atoms with Crippen LogP contribution in [0.15, 0.2) is 84.0 Å². The summed E-state index contributed by atoms with van der Waals surface area (Å²) in [5.41, 5.74) is 5.03. The smallest absolute Gasteiger partial charge is 0.237 e. The second-order valence-electron chi connectivity index (χ2n) is 7.40. The molecule has 5 nitrogen and oxygen atoms in total. The lowest BCUT2D eigenvalue weighted by molar-refractivity contribution is -0.115. The Kier molecular flexibility index (Phi) is 6.18. The van der Waals surface area contributed by atoms with Crippen LogP contribution in [-0.4, -0.2) is 25.9 Å². The monoisotopic (exact) mass is 428 g/mol. The first-order chi connectivity index (χ1) is 15.0. The van der Waals surface area contributed by atoms with Crippen molar-refractivity contribution in [3.63, 3.8) is 0 Å². The number of hydrogen-bond acceptors (Lipinski definition) is 4. The zero-order valence-corrected chi connectivity index (χ0v) is 18.6. The van der Waals surface area contributed by atoms with E-state index in [2.05, 4.69) is 34.6 Å². The summed E-state index contributed by atoms with van der Waals surface area (Å²) in [6.45, 7) is 3.93. The van der Waals surface area contributed by atoms with E-state index in [1.165, 1.54) is 17.3 Å². The first-order valence-corrected chi connectivity index (χ1v) is 11.0. The van der Waals surface area contributed by atoms with Gasteiger partial charge in [-0.05, 0) is 31.5 Å². The molecular formula is C25H24N4OS. The highest BCUT2D eigenvalue weighted by Gasteiger charge is 2.20. The van der Waals surface area contributed by atoms with Crippen molar-refractivity contribution >= 4 is 23.4 Å². The van der Waals surface area contributed by atoms with E-state index in [0.717, 1.165) is 28.2 Å². The number of carbonyl (C=O) groups is 1. The number of thioether (sulfide) groups is 1. The van der Waals surface area contributed by atoms with Gasteiger partial charge in [0.1, 0.15) is 0 Å². The van der Waals surface area contributed by atoms with Crippen molar-refractivity contribution < 1.29 is 4.79 Å². The van der Waals surface area contributed by atoms with E-state index in [-0.39, 0.29) is 11.2 Å². The van der Waals surface area contributed by atoms with Crippen molar-refractivity contribution in [2.24, 2.45) is 7.05 Å². The molecule has 0 radical (unpaired) electrons. The van der Waals surface area contributed by atoms with Gasteiger partial charge in [-0.25, -0.2) is 0 Å². The van der Waals surface area contributed by atoms with Crippen molar-refractivity contribution in [3.8, 4) is 22.5 Å². The lowest BCUT2D eigenvalue weighted by atomic mass is 10.0. The third-order valence-electron chi connectivity index (χ3n) is 5.03. The van der Waals surface area contributed by atoms with E-state index in [4.69, 9.17) is 0 Å². The van der Waals surface area contributed by atoms with Gasteiger partial charge in [0, 0.05) is 23.9 Å². The van der Waals surface area contributed by atoms with Gasteiger partial charge >= 0.3 is 0 Å². The largest absolute Gasteiger partial charge is 0.325 e. The van der Waals surface area contributed by atoms with Crippen LogP contribution in [0.2, 0.25) is 0 Å². The fourth-order valence-electron chi connectivity index (χ4n) is 3.36. The maximum absolute atomic E-state index is 12.9. The minimum absolute atomic E-state index is 0.0755. The lowest BCUT2D eigenvalue weighted by Crippen LogP contribution is -2.23. The summed E-state index contributed by atoms with van der Waals surface area (Å²) in [5.74, 6) is 0.710. The molecule has 0 fully saturated rings. The summed E-state index contributed by atoms with van der Waals surface area (Å²) in [5, 5.41) is 12.1. The predicted octanol–water partition coefficient (Wildman–Crippen LogP) is 5.58. The molecule has 0 aliphatic carbocycles. The minimum atomic E-state index is -0.336. The number of rotatable bonds is 6. The SMILES string of the molecule is Cc1cccc(-c2nnc(S[C@H](C)C(=O)Nc3ccccc3-c3ccccc3)n2C)c1. The first kappa shape index (κ1) is 20.9. The molecule has 6 heteroatoms. The number of aryl methyl sites for hydroxylation is 1. The van der Waals surface area contributed by atoms with Gasteiger partial charge in [0.15, 0.2) is 11.0 Å². The van der Waals surface area contributed by atoms with E-state index in [1.54, 1.807) is 0 Å². The van der Waals surface area contributed by atoms with E-state index in [9.17, 15) is 4.79 Å². The topological polar surface area (TPSA) is 59.8 Å². The van der Waals surface area contributed by atoms with Crippen LogP contribution < -0.4 is 5.32 Å². The molecule has 156 valence electrons. The Hall–Kier alpha value is -3.38. The fourth-order valence-corrected chi connectivity index (χ4v) is 4.18. The molecule has 1 atom stereocenters. The Morgan fingerprint density at radius 2 is 1.65 bits per heavy atom. The lowest BCUT2D eigenvalue weighted by Gasteiger charge is -2.15. The number of nitrogens with zero attached hydrogens (tertiary/aromatic N) is 3. The normalized spacial score (nSPS) is 11.8. The van der Waals surface area contributed by atoms with Crippen molar-refractivity contribution in [2.75, 3.05) is 5.32 Å². The van der Waals surface area contributed by atoms with Crippen LogP contribution in [0.25, 0.3) is 22.5 Å². The number of aromatic nitrogens is 3. The predicted molar refractivity (Wildman–Crippen MR) is 127 cm³/mol. The third-order valence-corrected chi connectivity index (χ3v) is 6.17. The van der Waals surface area contributed by atoms with Crippen LogP contribution in [0.1, 0.15) is 12.5 Å². The van der Waals surface area contributed by atoms with Gasteiger partial charge < -0.3 is 9.88 Å². The summed E-state index contributed by atoms with van der Waals surface area (Å²) < 4.78 is 1.93. The van der Waals surface area contributed by atoms with Crippen molar-refractivity contribution in [1.29, 1.82) is 0 Å². The average Bonchev–Trinajstić information content (AvgIpc) is 3.14. The molecule has 0 saturated carbocycles. The van der Waals surface area contributed by atoms with E-state index < -0.39 is 0 Å². The molecule has 1 heterocycles. The number of benzene rings is 3.